The van der Waals surface area contributed by atoms with Crippen molar-refractivity contribution >= 4 is 11.7 Å². The summed E-state index contributed by atoms with van der Waals surface area (Å²) in [7, 11) is 0. The van der Waals surface area contributed by atoms with E-state index < -0.39 is 0 Å². The predicted octanol–water partition coefficient (Wildman–Crippen LogP) is 2.28. The molecule has 23 heavy (non-hydrogen) atoms. The molecular weight excluding hydrogens is 288 g/mol. The second-order valence-corrected chi connectivity index (χ2v) is 6.20. The van der Waals surface area contributed by atoms with Gasteiger partial charge in [0, 0.05) is 32.2 Å². The van der Waals surface area contributed by atoms with Crippen LogP contribution in [0, 0.1) is 0 Å². The fraction of sp³-hybridized carbons (Fsp3) is 0.389. The Kier molecular flexibility index (Phi) is 3.69. The maximum atomic E-state index is 12.5. The Morgan fingerprint density at radius 3 is 2.61 bits per heavy atom. The van der Waals surface area contributed by atoms with Gasteiger partial charge in [0.15, 0.2) is 0 Å². The molecule has 0 radical (unpaired) electrons. The van der Waals surface area contributed by atoms with Crippen LogP contribution in [0.3, 0.4) is 0 Å². The molecule has 0 N–H and O–H groups in total. The van der Waals surface area contributed by atoms with Crippen molar-refractivity contribution in [2.75, 3.05) is 24.5 Å². The van der Waals surface area contributed by atoms with Gasteiger partial charge in [-0.1, -0.05) is 24.3 Å². The van der Waals surface area contributed by atoms with Gasteiger partial charge in [0.2, 0.25) is 0 Å². The topological polar surface area (TPSA) is 49.3 Å². The fourth-order valence-corrected chi connectivity index (χ4v) is 3.41. The average Bonchev–Trinajstić information content (AvgIpc) is 3.15. The van der Waals surface area contributed by atoms with Crippen molar-refractivity contribution < 1.29 is 4.79 Å². The highest BCUT2D eigenvalue weighted by atomic mass is 16.2. The Bertz CT molecular complexity index is 724. The van der Waals surface area contributed by atoms with Crippen molar-refractivity contribution in [1.82, 2.24) is 14.9 Å². The van der Waals surface area contributed by atoms with Gasteiger partial charge in [-0.3, -0.25) is 4.79 Å². The van der Waals surface area contributed by atoms with Crippen LogP contribution < -0.4 is 4.90 Å². The van der Waals surface area contributed by atoms with Gasteiger partial charge in [-0.05, 0) is 30.4 Å². The first-order valence-electron chi connectivity index (χ1n) is 8.24. The molecule has 2 aromatic rings. The molecule has 118 valence electrons. The number of hydrogen-bond acceptors (Lipinski definition) is 4. The van der Waals surface area contributed by atoms with E-state index in [1.807, 2.05) is 11.0 Å². The summed E-state index contributed by atoms with van der Waals surface area (Å²) in [6.45, 7) is 3.44. The van der Waals surface area contributed by atoms with E-state index in [-0.39, 0.29) is 5.91 Å². The highest BCUT2D eigenvalue weighted by molar-refractivity contribution is 5.93. The number of carbonyl (C=O) groups is 1. The minimum absolute atomic E-state index is 0.0311. The van der Waals surface area contributed by atoms with Crippen molar-refractivity contribution in [3.05, 3.63) is 53.5 Å². The molecule has 0 unspecified atom stereocenters. The van der Waals surface area contributed by atoms with Crippen molar-refractivity contribution in [3.63, 3.8) is 0 Å². The summed E-state index contributed by atoms with van der Waals surface area (Å²) in [5.74, 6) is 0.876. The van der Waals surface area contributed by atoms with Crippen LogP contribution in [0.4, 0.5) is 5.82 Å². The lowest BCUT2D eigenvalue weighted by Crippen LogP contribution is -2.32. The summed E-state index contributed by atoms with van der Waals surface area (Å²) in [5.41, 5.74) is 3.26. The molecule has 0 spiro atoms. The third-order valence-corrected chi connectivity index (χ3v) is 4.72. The van der Waals surface area contributed by atoms with Crippen LogP contribution >= 0.6 is 0 Å². The number of rotatable bonds is 2. The number of anilines is 1. The summed E-state index contributed by atoms with van der Waals surface area (Å²) in [5, 5.41) is 0. The maximum Gasteiger partial charge on any atom is 0.272 e. The van der Waals surface area contributed by atoms with E-state index in [9.17, 15) is 4.79 Å². The van der Waals surface area contributed by atoms with Gasteiger partial charge in [0.1, 0.15) is 17.8 Å². The molecule has 0 bridgehead atoms. The van der Waals surface area contributed by atoms with Gasteiger partial charge in [0.05, 0.1) is 0 Å². The molecule has 4 rings (SSSR count). The van der Waals surface area contributed by atoms with Crippen LogP contribution in [0.5, 0.6) is 0 Å². The molecule has 2 aliphatic rings. The summed E-state index contributed by atoms with van der Waals surface area (Å²) in [6, 6.07) is 10.4. The first kappa shape index (κ1) is 14.2. The Labute approximate surface area is 136 Å². The molecule has 1 amide bonds. The van der Waals surface area contributed by atoms with Gasteiger partial charge in [-0.25, -0.2) is 9.97 Å². The minimum atomic E-state index is 0.0311. The average molecular weight is 308 g/mol. The quantitative estimate of drug-likeness (QED) is 0.854. The third-order valence-electron chi connectivity index (χ3n) is 4.72. The van der Waals surface area contributed by atoms with E-state index in [0.29, 0.717) is 5.69 Å². The normalized spacial score (nSPS) is 17.2. The molecule has 0 atom stereocenters. The summed E-state index contributed by atoms with van der Waals surface area (Å²) >= 11 is 0. The van der Waals surface area contributed by atoms with Crippen molar-refractivity contribution in [2.45, 2.75) is 25.8 Å². The van der Waals surface area contributed by atoms with Crippen LogP contribution in [-0.2, 0) is 13.0 Å². The smallest absolute Gasteiger partial charge is 0.272 e. The molecule has 5 nitrogen and oxygen atoms in total. The molecular formula is C18H20N4O. The molecule has 0 saturated carbocycles. The standard InChI is InChI=1S/C18H20N4O/c23-18(21-8-3-4-9-21)16-11-17(20-13-19-16)22-10-7-14-5-1-2-6-15(14)12-22/h1-2,5-6,11,13H,3-4,7-10,12H2. The number of likely N-dealkylation sites (tertiary alicyclic amines) is 1. The number of hydrogen-bond donors (Lipinski definition) is 0. The Morgan fingerprint density at radius 2 is 1.78 bits per heavy atom. The van der Waals surface area contributed by atoms with E-state index in [1.54, 1.807) is 0 Å². The predicted molar refractivity (Wildman–Crippen MR) is 88.4 cm³/mol. The molecule has 1 fully saturated rings. The molecule has 1 saturated heterocycles. The van der Waals surface area contributed by atoms with Crippen molar-refractivity contribution in [1.29, 1.82) is 0 Å². The second kappa shape index (κ2) is 5.99. The lowest BCUT2D eigenvalue weighted by atomic mass is 10.00. The Balaban J connectivity index is 1.56. The van der Waals surface area contributed by atoms with Gasteiger partial charge < -0.3 is 9.80 Å². The maximum absolute atomic E-state index is 12.5. The lowest BCUT2D eigenvalue weighted by molar-refractivity contribution is 0.0787. The largest absolute Gasteiger partial charge is 0.352 e. The summed E-state index contributed by atoms with van der Waals surface area (Å²) < 4.78 is 0. The van der Waals surface area contributed by atoms with Crippen molar-refractivity contribution in [2.24, 2.45) is 0 Å². The van der Waals surface area contributed by atoms with Crippen LogP contribution in [0.1, 0.15) is 34.5 Å². The SMILES string of the molecule is O=C(c1cc(N2CCc3ccccc3C2)ncn1)N1CCCC1. The van der Waals surface area contributed by atoms with Crippen LogP contribution in [0.2, 0.25) is 0 Å². The zero-order valence-corrected chi connectivity index (χ0v) is 13.1. The lowest BCUT2D eigenvalue weighted by Gasteiger charge is -2.29. The highest BCUT2D eigenvalue weighted by Crippen LogP contribution is 2.23. The number of carbonyl (C=O) groups excluding carboxylic acids is 1. The summed E-state index contributed by atoms with van der Waals surface area (Å²) in [4.78, 5) is 25.2. The molecule has 1 aromatic heterocycles. The molecule has 0 aliphatic carbocycles. The van der Waals surface area contributed by atoms with E-state index in [2.05, 4.69) is 39.1 Å². The Morgan fingerprint density at radius 1 is 1.00 bits per heavy atom. The molecule has 5 heteroatoms. The first-order chi connectivity index (χ1) is 11.3. The van der Waals surface area contributed by atoms with Crippen LogP contribution in [0.25, 0.3) is 0 Å². The Hall–Kier alpha value is -2.43. The molecule has 1 aromatic carbocycles. The fourth-order valence-electron chi connectivity index (χ4n) is 3.41. The summed E-state index contributed by atoms with van der Waals surface area (Å²) in [6.07, 6.45) is 4.70. The zero-order chi connectivity index (χ0) is 15.6. The zero-order valence-electron chi connectivity index (χ0n) is 13.1. The van der Waals surface area contributed by atoms with Crippen LogP contribution in [0.15, 0.2) is 36.7 Å². The second-order valence-electron chi connectivity index (χ2n) is 6.20. The van der Waals surface area contributed by atoms with Gasteiger partial charge >= 0.3 is 0 Å². The van der Waals surface area contributed by atoms with Crippen molar-refractivity contribution in [3.8, 4) is 0 Å². The van der Waals surface area contributed by atoms with E-state index >= 15 is 0 Å². The number of aromatic nitrogens is 2. The minimum Gasteiger partial charge on any atom is -0.352 e. The third kappa shape index (κ3) is 2.79. The monoisotopic (exact) mass is 308 g/mol. The van der Waals surface area contributed by atoms with E-state index in [4.69, 9.17) is 0 Å². The number of amides is 1. The van der Waals surface area contributed by atoms with Crippen LogP contribution in [-0.4, -0.2) is 40.4 Å². The van der Waals surface area contributed by atoms with Gasteiger partial charge in [-0.2, -0.15) is 0 Å². The molecule has 3 heterocycles. The number of benzene rings is 1. The number of nitrogens with zero attached hydrogens (tertiary/aromatic N) is 4. The van der Waals surface area contributed by atoms with Gasteiger partial charge in [-0.15, -0.1) is 0 Å². The van der Waals surface area contributed by atoms with E-state index in [0.717, 1.165) is 51.3 Å². The molecule has 2 aliphatic heterocycles. The first-order valence-corrected chi connectivity index (χ1v) is 8.24. The van der Waals surface area contributed by atoms with Gasteiger partial charge in [0.25, 0.3) is 5.91 Å². The highest BCUT2D eigenvalue weighted by Gasteiger charge is 2.23. The van der Waals surface area contributed by atoms with E-state index in [1.165, 1.54) is 17.5 Å². The number of fused-ring (bicyclic) bond motifs is 1.